The molecule has 2 fully saturated rings. The number of hydrogen-bond acceptors (Lipinski definition) is 2. The molecule has 0 N–H and O–H groups in total. The minimum atomic E-state index is 0.102. The van der Waals surface area contributed by atoms with Crippen LogP contribution in [0, 0.1) is 10.8 Å². The van der Waals surface area contributed by atoms with Crippen LogP contribution in [-0.4, -0.2) is 47.1 Å². The van der Waals surface area contributed by atoms with Crippen molar-refractivity contribution >= 4 is 0 Å². The van der Waals surface area contributed by atoms with Crippen LogP contribution in [0.15, 0.2) is 24.1 Å². The van der Waals surface area contributed by atoms with Crippen molar-refractivity contribution in [3.05, 3.63) is 24.1 Å². The van der Waals surface area contributed by atoms with E-state index >= 15 is 0 Å². The summed E-state index contributed by atoms with van der Waals surface area (Å²) in [6.45, 7) is 18.6. The third kappa shape index (κ3) is 4.85. The maximum atomic E-state index is 12.9. The summed E-state index contributed by atoms with van der Waals surface area (Å²) >= 11 is 0. The van der Waals surface area contributed by atoms with E-state index in [2.05, 4.69) is 63.5 Å². The Bertz CT molecular complexity index is 578. The lowest BCUT2D eigenvalue weighted by molar-refractivity contribution is -0.0654. The zero-order valence-electron chi connectivity index (χ0n) is 18.6. The van der Waals surface area contributed by atoms with Gasteiger partial charge in [-0.2, -0.15) is 0 Å². The van der Waals surface area contributed by atoms with Crippen LogP contribution in [0.2, 0.25) is 0 Å². The van der Waals surface area contributed by atoms with Gasteiger partial charge in [0.2, 0.25) is 0 Å². The minimum Gasteiger partial charge on any atom is -0.297 e. The predicted molar refractivity (Wildman–Crippen MR) is 114 cm³/mol. The molecule has 0 unspecified atom stereocenters. The number of rotatable bonds is 0. The molecule has 27 heavy (non-hydrogen) atoms. The van der Waals surface area contributed by atoms with Crippen molar-refractivity contribution in [3.63, 3.8) is 0 Å². The molecule has 0 amide bonds. The fourth-order valence-corrected chi connectivity index (χ4v) is 4.91. The minimum absolute atomic E-state index is 0.102. The molecular formula is C24H41FN2. The molecule has 3 heteroatoms. The van der Waals surface area contributed by atoms with Crippen molar-refractivity contribution in [1.29, 1.82) is 0 Å². The van der Waals surface area contributed by atoms with Crippen molar-refractivity contribution in [2.75, 3.05) is 26.2 Å². The Hall–Kier alpha value is -0.670. The van der Waals surface area contributed by atoms with Crippen molar-refractivity contribution in [3.8, 4) is 0 Å². The first-order valence-corrected chi connectivity index (χ1v) is 10.9. The normalized spacial score (nSPS) is 27.4. The Morgan fingerprint density at radius 2 is 1.30 bits per heavy atom. The molecule has 0 bridgehead atoms. The number of allylic oxidation sites excluding steroid dienone is 4. The fraction of sp³-hybridized carbons (Fsp3) is 0.833. The highest BCUT2D eigenvalue weighted by atomic mass is 19.1. The van der Waals surface area contributed by atoms with E-state index in [1.807, 2.05) is 0 Å². The molecule has 4 aliphatic rings. The van der Waals surface area contributed by atoms with Gasteiger partial charge < -0.3 is 0 Å². The van der Waals surface area contributed by atoms with Gasteiger partial charge in [0, 0.05) is 37.3 Å². The number of hydrogen-bond donors (Lipinski definition) is 0. The summed E-state index contributed by atoms with van der Waals surface area (Å²) in [6.07, 6.45) is 13.2. The van der Waals surface area contributed by atoms with Gasteiger partial charge in [0.1, 0.15) is 0 Å². The SMILES string of the molecule is CC(C)(C)N1CC2(CC=C(F)CC2)C1.CC(C)(C)N1CC2(CC=CCC2)C1. The summed E-state index contributed by atoms with van der Waals surface area (Å²) in [6, 6.07) is 0. The Kier molecular flexibility index (Phi) is 5.69. The summed E-state index contributed by atoms with van der Waals surface area (Å²) in [5.41, 5.74) is 1.75. The Morgan fingerprint density at radius 3 is 1.67 bits per heavy atom. The Morgan fingerprint density at radius 1 is 0.778 bits per heavy atom. The number of nitrogens with zero attached hydrogens (tertiary/aromatic N) is 2. The van der Waals surface area contributed by atoms with Gasteiger partial charge in [-0.3, -0.25) is 9.80 Å². The van der Waals surface area contributed by atoms with Crippen molar-refractivity contribution in [1.82, 2.24) is 9.80 Å². The molecular weight excluding hydrogens is 335 g/mol. The molecule has 2 saturated heterocycles. The van der Waals surface area contributed by atoms with E-state index in [4.69, 9.17) is 0 Å². The standard InChI is InChI=1S/C12H20FN.C12H21N/c1-11(2,3)14-8-12(9-14)6-4-10(13)5-7-12;1-11(2,3)13-9-12(10-13)7-5-4-6-8-12/h4H,5-9H2,1-3H3;4-5H,6-10H2,1-3H3. The van der Waals surface area contributed by atoms with Crippen LogP contribution in [0.4, 0.5) is 4.39 Å². The quantitative estimate of drug-likeness (QED) is 0.482. The first-order valence-electron chi connectivity index (χ1n) is 10.9. The highest BCUT2D eigenvalue weighted by molar-refractivity contribution is 5.10. The van der Waals surface area contributed by atoms with Gasteiger partial charge in [0.05, 0.1) is 5.83 Å². The van der Waals surface area contributed by atoms with Gasteiger partial charge in [-0.1, -0.05) is 18.2 Å². The molecule has 2 nitrogen and oxygen atoms in total. The summed E-state index contributed by atoms with van der Waals surface area (Å²) in [7, 11) is 0. The Labute approximate surface area is 166 Å². The molecule has 0 aromatic heterocycles. The zero-order valence-corrected chi connectivity index (χ0v) is 18.6. The smallest absolute Gasteiger partial charge is 0.0960 e. The molecule has 2 heterocycles. The third-order valence-corrected chi connectivity index (χ3v) is 7.21. The van der Waals surface area contributed by atoms with E-state index < -0.39 is 0 Å². The molecule has 0 atom stereocenters. The summed E-state index contributed by atoms with van der Waals surface area (Å²) in [5.74, 6) is 0.102. The first kappa shape index (κ1) is 21.0. The van der Waals surface area contributed by atoms with Gasteiger partial charge in [-0.25, -0.2) is 4.39 Å². The molecule has 0 saturated carbocycles. The average Bonchev–Trinajstić information content (AvgIpc) is 2.51. The van der Waals surface area contributed by atoms with Gasteiger partial charge in [0.25, 0.3) is 0 Å². The molecule has 0 aromatic rings. The monoisotopic (exact) mass is 376 g/mol. The molecule has 154 valence electrons. The largest absolute Gasteiger partial charge is 0.297 e. The van der Waals surface area contributed by atoms with E-state index in [0.29, 0.717) is 22.8 Å². The second kappa shape index (κ2) is 7.30. The predicted octanol–water partition coefficient (Wildman–Crippen LogP) is 5.95. The number of likely N-dealkylation sites (tertiary alicyclic amines) is 2. The van der Waals surface area contributed by atoms with Crippen LogP contribution in [-0.2, 0) is 0 Å². The Balaban J connectivity index is 0.000000156. The lowest BCUT2D eigenvalue weighted by Gasteiger charge is -2.56. The lowest BCUT2D eigenvalue weighted by atomic mass is 9.69. The highest BCUT2D eigenvalue weighted by Crippen LogP contribution is 2.46. The summed E-state index contributed by atoms with van der Waals surface area (Å²) in [5, 5.41) is 0. The molecule has 2 spiro atoms. The molecule has 2 aliphatic heterocycles. The van der Waals surface area contributed by atoms with E-state index in [1.54, 1.807) is 6.08 Å². The fourth-order valence-electron chi connectivity index (χ4n) is 4.91. The maximum absolute atomic E-state index is 12.9. The first-order chi connectivity index (χ1) is 12.4. The molecule has 2 aliphatic carbocycles. The van der Waals surface area contributed by atoms with Crippen molar-refractivity contribution < 1.29 is 4.39 Å². The summed E-state index contributed by atoms with van der Waals surface area (Å²) in [4.78, 5) is 5.09. The van der Waals surface area contributed by atoms with Gasteiger partial charge in [-0.15, -0.1) is 0 Å². The molecule has 0 aromatic carbocycles. The van der Waals surface area contributed by atoms with Crippen LogP contribution in [0.25, 0.3) is 0 Å². The second-order valence-electron chi connectivity index (χ2n) is 11.6. The van der Waals surface area contributed by atoms with Crippen LogP contribution < -0.4 is 0 Å². The van der Waals surface area contributed by atoms with Crippen LogP contribution in [0.1, 0.15) is 80.1 Å². The van der Waals surface area contributed by atoms with E-state index in [1.165, 1.54) is 32.4 Å². The van der Waals surface area contributed by atoms with Crippen molar-refractivity contribution in [2.24, 2.45) is 10.8 Å². The van der Waals surface area contributed by atoms with Crippen molar-refractivity contribution in [2.45, 2.75) is 91.1 Å². The zero-order chi connectivity index (χ0) is 19.9. The molecule has 4 rings (SSSR count). The van der Waals surface area contributed by atoms with Gasteiger partial charge >= 0.3 is 0 Å². The van der Waals surface area contributed by atoms with E-state index in [0.717, 1.165) is 25.9 Å². The van der Waals surface area contributed by atoms with Gasteiger partial charge in [-0.05, 0) is 90.9 Å². The average molecular weight is 377 g/mol. The topological polar surface area (TPSA) is 6.48 Å². The van der Waals surface area contributed by atoms with E-state index in [9.17, 15) is 4.39 Å². The van der Waals surface area contributed by atoms with Gasteiger partial charge in [0.15, 0.2) is 0 Å². The third-order valence-electron chi connectivity index (χ3n) is 7.21. The maximum Gasteiger partial charge on any atom is 0.0960 e. The highest BCUT2D eigenvalue weighted by Gasteiger charge is 2.47. The van der Waals surface area contributed by atoms with Crippen LogP contribution in [0.5, 0.6) is 0 Å². The summed E-state index contributed by atoms with van der Waals surface area (Å²) < 4.78 is 12.9. The second-order valence-corrected chi connectivity index (χ2v) is 11.6. The van der Waals surface area contributed by atoms with E-state index in [-0.39, 0.29) is 11.4 Å². The molecule has 0 radical (unpaired) electrons. The van der Waals surface area contributed by atoms with Crippen LogP contribution >= 0.6 is 0 Å². The number of halogens is 1. The lowest BCUT2D eigenvalue weighted by Crippen LogP contribution is -2.62. The van der Waals surface area contributed by atoms with Crippen LogP contribution in [0.3, 0.4) is 0 Å².